The Bertz CT molecular complexity index is 1600. The zero-order valence-electron chi connectivity index (χ0n) is 24.1. The van der Waals surface area contributed by atoms with Crippen LogP contribution in [-0.4, -0.2) is 14.1 Å². The van der Waals surface area contributed by atoms with Crippen LogP contribution in [0.1, 0.15) is 64.3 Å². The van der Waals surface area contributed by atoms with Gasteiger partial charge in [0.2, 0.25) is 0 Å². The smallest absolute Gasteiger partial charge is 0.144 e. The zero-order valence-corrected chi connectivity index (χ0v) is 24.1. The van der Waals surface area contributed by atoms with Crippen molar-refractivity contribution in [3.05, 3.63) is 132 Å². The monoisotopic (exact) mass is 525 g/mol. The summed E-state index contributed by atoms with van der Waals surface area (Å²) in [6.07, 6.45) is 16.8. The third-order valence-electron chi connectivity index (χ3n) is 8.23. The number of para-hydroxylation sites is 1. The number of allylic oxidation sites excluding steroid dienone is 8. The van der Waals surface area contributed by atoms with Crippen LogP contribution in [0.5, 0.6) is 0 Å². The van der Waals surface area contributed by atoms with Crippen molar-refractivity contribution in [1.82, 2.24) is 14.1 Å². The quantitative estimate of drug-likeness (QED) is 0.235. The molecule has 1 unspecified atom stereocenters. The lowest BCUT2D eigenvalue weighted by Gasteiger charge is -2.33. The highest BCUT2D eigenvalue weighted by molar-refractivity contribution is 5.77. The summed E-state index contributed by atoms with van der Waals surface area (Å²) in [6.45, 7) is 9.33. The molecule has 1 atom stereocenters. The molecule has 40 heavy (non-hydrogen) atoms. The number of imidazole rings is 1. The second-order valence-corrected chi connectivity index (χ2v) is 11.6. The Morgan fingerprint density at radius 3 is 2.25 bits per heavy atom. The minimum absolute atomic E-state index is 0.282. The van der Waals surface area contributed by atoms with Crippen LogP contribution in [0.15, 0.2) is 121 Å². The average molecular weight is 526 g/mol. The molecule has 0 radical (unpaired) electrons. The summed E-state index contributed by atoms with van der Waals surface area (Å²) in [7, 11) is 0. The van der Waals surface area contributed by atoms with Crippen molar-refractivity contribution in [1.29, 1.82) is 0 Å². The molecular formula is C37H39N3. The van der Waals surface area contributed by atoms with E-state index < -0.39 is 0 Å². The fourth-order valence-electron chi connectivity index (χ4n) is 6.25. The van der Waals surface area contributed by atoms with Gasteiger partial charge in [0.1, 0.15) is 5.82 Å². The minimum Gasteiger partial charge on any atom is -0.313 e. The molecule has 2 aliphatic rings. The van der Waals surface area contributed by atoms with Gasteiger partial charge >= 0.3 is 0 Å². The van der Waals surface area contributed by atoms with Crippen molar-refractivity contribution in [2.75, 3.05) is 0 Å². The van der Waals surface area contributed by atoms with E-state index in [0.717, 1.165) is 30.7 Å². The zero-order chi connectivity index (χ0) is 27.6. The van der Waals surface area contributed by atoms with Gasteiger partial charge in [0.25, 0.3) is 0 Å². The number of rotatable bonds is 7. The Morgan fingerprint density at radius 1 is 0.825 bits per heavy atom. The lowest BCUT2D eigenvalue weighted by atomic mass is 9.78. The van der Waals surface area contributed by atoms with Gasteiger partial charge in [0.05, 0.1) is 5.69 Å². The lowest BCUT2D eigenvalue weighted by Crippen LogP contribution is -2.19. The van der Waals surface area contributed by atoms with Crippen LogP contribution in [0, 0.1) is 11.8 Å². The molecule has 3 nitrogen and oxygen atoms in total. The molecule has 2 aromatic carbocycles. The van der Waals surface area contributed by atoms with E-state index >= 15 is 0 Å². The second kappa shape index (κ2) is 11.2. The highest BCUT2D eigenvalue weighted by Crippen LogP contribution is 2.45. The normalized spacial score (nSPS) is 17.5. The summed E-state index contributed by atoms with van der Waals surface area (Å²) in [5.74, 6) is 2.07. The number of hydrogen-bond donors (Lipinski definition) is 0. The summed E-state index contributed by atoms with van der Waals surface area (Å²) in [4.78, 5) is 4.82. The first-order chi connectivity index (χ1) is 19.5. The first-order valence-corrected chi connectivity index (χ1v) is 14.7. The van der Waals surface area contributed by atoms with Crippen molar-refractivity contribution in [2.24, 2.45) is 11.8 Å². The molecule has 0 bridgehead atoms. The van der Waals surface area contributed by atoms with E-state index in [1.54, 1.807) is 0 Å². The van der Waals surface area contributed by atoms with Crippen molar-refractivity contribution in [2.45, 2.75) is 52.9 Å². The SMILES string of the molecule is CC(C)C1=CC(c2ccc(C3=CCCC=C3)n2-c2ccccc2)CC(C(C)C)=C1n1ccnc1-c1ccccc1. The summed E-state index contributed by atoms with van der Waals surface area (Å²) >= 11 is 0. The molecule has 0 saturated heterocycles. The molecule has 0 fully saturated rings. The largest absolute Gasteiger partial charge is 0.313 e. The molecule has 4 aromatic rings. The van der Waals surface area contributed by atoms with E-state index in [9.17, 15) is 0 Å². The number of benzene rings is 2. The Hall–Kier alpha value is -4.11. The van der Waals surface area contributed by atoms with Crippen molar-refractivity contribution >= 4 is 11.3 Å². The van der Waals surface area contributed by atoms with Crippen LogP contribution in [0.3, 0.4) is 0 Å². The molecule has 2 aliphatic carbocycles. The maximum atomic E-state index is 4.82. The van der Waals surface area contributed by atoms with E-state index in [4.69, 9.17) is 4.98 Å². The molecule has 0 spiro atoms. The predicted octanol–water partition coefficient (Wildman–Crippen LogP) is 9.71. The molecule has 0 aliphatic heterocycles. The topological polar surface area (TPSA) is 22.8 Å². The summed E-state index contributed by atoms with van der Waals surface area (Å²) < 4.78 is 4.84. The maximum absolute atomic E-state index is 4.82. The maximum Gasteiger partial charge on any atom is 0.144 e. The number of aromatic nitrogens is 3. The van der Waals surface area contributed by atoms with E-state index in [1.165, 1.54) is 39.5 Å². The molecule has 3 heteroatoms. The molecule has 2 aromatic heterocycles. The Balaban J connectivity index is 1.51. The van der Waals surface area contributed by atoms with Crippen molar-refractivity contribution in [3.63, 3.8) is 0 Å². The van der Waals surface area contributed by atoms with E-state index in [1.807, 2.05) is 6.20 Å². The van der Waals surface area contributed by atoms with Crippen LogP contribution < -0.4 is 0 Å². The van der Waals surface area contributed by atoms with Gasteiger partial charge in [-0.2, -0.15) is 0 Å². The van der Waals surface area contributed by atoms with E-state index in [-0.39, 0.29) is 5.92 Å². The van der Waals surface area contributed by atoms with Gasteiger partial charge in [-0.1, -0.05) is 101 Å². The third-order valence-corrected chi connectivity index (χ3v) is 8.23. The molecule has 0 saturated carbocycles. The highest BCUT2D eigenvalue weighted by Gasteiger charge is 2.31. The second-order valence-electron chi connectivity index (χ2n) is 11.6. The highest BCUT2D eigenvalue weighted by atomic mass is 15.1. The third kappa shape index (κ3) is 4.86. The van der Waals surface area contributed by atoms with Gasteiger partial charge in [-0.05, 0) is 72.1 Å². The van der Waals surface area contributed by atoms with Crippen LogP contribution >= 0.6 is 0 Å². The first-order valence-electron chi connectivity index (χ1n) is 14.7. The van der Waals surface area contributed by atoms with Crippen LogP contribution in [0.2, 0.25) is 0 Å². The van der Waals surface area contributed by atoms with Gasteiger partial charge in [0, 0.05) is 41.0 Å². The standard InChI is InChI=1S/C37H39N3/c1-26(2)32-24-30(25-33(27(3)4)36(32)39-23-22-38-37(39)29-16-10-6-11-17-29)35-21-20-34(28-14-8-5-9-15-28)40(35)31-18-12-7-13-19-31/h6-8,10-24,26-27,30H,5,9,25H2,1-4H3. The fourth-order valence-corrected chi connectivity index (χ4v) is 6.25. The first kappa shape index (κ1) is 26.1. The summed E-state index contributed by atoms with van der Waals surface area (Å²) in [5.41, 5.74) is 10.5. The lowest BCUT2D eigenvalue weighted by molar-refractivity contribution is 0.632. The molecular weight excluding hydrogens is 486 g/mol. The van der Waals surface area contributed by atoms with Gasteiger partial charge in [-0.25, -0.2) is 4.98 Å². The molecule has 0 amide bonds. The minimum atomic E-state index is 0.282. The molecule has 2 heterocycles. The fraction of sp³-hybridized carbons (Fsp3) is 0.270. The van der Waals surface area contributed by atoms with Crippen molar-refractivity contribution in [3.8, 4) is 17.1 Å². The molecule has 202 valence electrons. The average Bonchev–Trinajstić information content (AvgIpc) is 3.66. The van der Waals surface area contributed by atoms with Crippen LogP contribution in [0.25, 0.3) is 28.3 Å². The molecule has 6 rings (SSSR count). The van der Waals surface area contributed by atoms with Gasteiger partial charge < -0.3 is 4.57 Å². The predicted molar refractivity (Wildman–Crippen MR) is 168 cm³/mol. The van der Waals surface area contributed by atoms with Crippen molar-refractivity contribution < 1.29 is 0 Å². The summed E-state index contributed by atoms with van der Waals surface area (Å²) in [6, 6.07) is 26.1. The Kier molecular flexibility index (Phi) is 7.30. The van der Waals surface area contributed by atoms with Gasteiger partial charge in [-0.15, -0.1) is 0 Å². The Labute approximate surface area is 238 Å². The van der Waals surface area contributed by atoms with E-state index in [0.29, 0.717) is 11.8 Å². The summed E-state index contributed by atoms with van der Waals surface area (Å²) in [5, 5.41) is 0. The number of hydrogen-bond acceptors (Lipinski definition) is 1. The Morgan fingerprint density at radius 2 is 1.57 bits per heavy atom. The van der Waals surface area contributed by atoms with Gasteiger partial charge in [0.15, 0.2) is 0 Å². The van der Waals surface area contributed by atoms with Gasteiger partial charge in [-0.3, -0.25) is 4.57 Å². The van der Waals surface area contributed by atoms with Crippen LogP contribution in [-0.2, 0) is 0 Å². The number of nitrogens with zero attached hydrogens (tertiary/aromatic N) is 3. The molecule has 0 N–H and O–H groups in total. The van der Waals surface area contributed by atoms with E-state index in [2.05, 4.69) is 140 Å². The van der Waals surface area contributed by atoms with Crippen LogP contribution in [0.4, 0.5) is 0 Å².